The van der Waals surface area contributed by atoms with Crippen LogP contribution in [0.4, 0.5) is 18.9 Å². The molecule has 3 rings (SSSR count). The molecule has 0 fully saturated rings. The van der Waals surface area contributed by atoms with Crippen molar-refractivity contribution < 1.29 is 22.8 Å². The normalized spacial score (nSPS) is 11.8. The number of carbonyl (C=O) groups is 2. The Morgan fingerprint density at radius 3 is 2.55 bits per heavy atom. The molecule has 1 aromatic carbocycles. The molecule has 2 N–H and O–H groups in total. The summed E-state index contributed by atoms with van der Waals surface area (Å²) >= 11 is 1.19. The number of halogens is 3. The van der Waals surface area contributed by atoms with Gasteiger partial charge in [-0.1, -0.05) is 18.2 Å². The predicted molar refractivity (Wildman–Crippen MR) is 104 cm³/mol. The maximum atomic E-state index is 12.9. The van der Waals surface area contributed by atoms with Gasteiger partial charge in [0, 0.05) is 18.1 Å². The van der Waals surface area contributed by atoms with E-state index >= 15 is 0 Å². The second-order valence-electron chi connectivity index (χ2n) is 5.81. The summed E-state index contributed by atoms with van der Waals surface area (Å²) in [6, 6.07) is 10.8. The molecule has 0 radical (unpaired) electrons. The highest BCUT2D eigenvalue weighted by atomic mass is 32.1. The highest BCUT2D eigenvalue weighted by molar-refractivity contribution is 7.12. The summed E-state index contributed by atoms with van der Waals surface area (Å²) in [4.78, 5) is 29.4. The number of pyridine rings is 1. The lowest BCUT2D eigenvalue weighted by Crippen LogP contribution is -2.30. The second-order valence-corrected chi connectivity index (χ2v) is 6.76. The van der Waals surface area contributed by atoms with E-state index in [2.05, 4.69) is 15.6 Å². The van der Waals surface area contributed by atoms with Crippen LogP contribution in [0.5, 0.6) is 0 Å². The number of benzene rings is 1. The number of nitrogens with one attached hydrogen (secondary N) is 2. The van der Waals surface area contributed by atoms with Gasteiger partial charge in [0.25, 0.3) is 11.8 Å². The van der Waals surface area contributed by atoms with Crippen molar-refractivity contribution in [3.63, 3.8) is 0 Å². The van der Waals surface area contributed by atoms with Crippen LogP contribution in [0.2, 0.25) is 0 Å². The van der Waals surface area contributed by atoms with Crippen LogP contribution >= 0.6 is 11.3 Å². The fourth-order valence-corrected chi connectivity index (χ4v) is 2.97. The molecule has 2 aromatic heterocycles. The second kappa shape index (κ2) is 8.70. The van der Waals surface area contributed by atoms with Gasteiger partial charge in [-0.15, -0.1) is 11.3 Å². The topological polar surface area (TPSA) is 71.1 Å². The third-order valence-electron chi connectivity index (χ3n) is 3.68. The average Bonchev–Trinajstić information content (AvgIpc) is 3.23. The highest BCUT2D eigenvalue weighted by Gasteiger charge is 2.30. The van der Waals surface area contributed by atoms with Crippen LogP contribution in [0.25, 0.3) is 6.08 Å². The number of hydrogen-bond donors (Lipinski definition) is 2. The van der Waals surface area contributed by atoms with E-state index in [4.69, 9.17) is 0 Å². The van der Waals surface area contributed by atoms with Gasteiger partial charge in [0.05, 0.1) is 10.4 Å². The standard InChI is InChI=1S/C20H14F3N3O2S/c21-20(22,23)14-5-1-6-15(11-14)25-18(27)16(10-13-4-2-8-24-12-13)26-19(28)17-7-3-9-29-17/h1-12H,(H,25,27)(H,26,28). The van der Waals surface area contributed by atoms with Crippen molar-refractivity contribution in [1.29, 1.82) is 0 Å². The van der Waals surface area contributed by atoms with Gasteiger partial charge >= 0.3 is 6.18 Å². The molecule has 2 heterocycles. The third kappa shape index (κ3) is 5.52. The largest absolute Gasteiger partial charge is 0.416 e. The summed E-state index contributed by atoms with van der Waals surface area (Å²) in [5, 5.41) is 6.60. The molecule has 0 saturated carbocycles. The first-order valence-corrected chi connectivity index (χ1v) is 9.16. The molecular formula is C20H14F3N3O2S. The van der Waals surface area contributed by atoms with Crippen LogP contribution < -0.4 is 10.6 Å². The number of anilines is 1. The zero-order chi connectivity index (χ0) is 20.9. The van der Waals surface area contributed by atoms with E-state index in [1.54, 1.807) is 35.8 Å². The molecule has 3 aromatic rings. The van der Waals surface area contributed by atoms with Gasteiger partial charge in [-0.25, -0.2) is 0 Å². The van der Waals surface area contributed by atoms with Crippen molar-refractivity contribution in [3.05, 3.63) is 88.0 Å². The molecule has 148 valence electrons. The number of aromatic nitrogens is 1. The molecule has 0 aliphatic heterocycles. The zero-order valence-corrected chi connectivity index (χ0v) is 15.6. The molecular weight excluding hydrogens is 403 g/mol. The quantitative estimate of drug-likeness (QED) is 0.598. The Bertz CT molecular complexity index is 1030. The van der Waals surface area contributed by atoms with Crippen molar-refractivity contribution in [2.75, 3.05) is 5.32 Å². The predicted octanol–water partition coefficient (Wildman–Crippen LogP) is 4.57. The molecule has 0 aliphatic rings. The minimum absolute atomic E-state index is 0.0488. The maximum Gasteiger partial charge on any atom is 0.416 e. The smallest absolute Gasteiger partial charge is 0.321 e. The van der Waals surface area contributed by atoms with Gasteiger partial charge in [0.2, 0.25) is 0 Å². The van der Waals surface area contributed by atoms with Crippen molar-refractivity contribution >= 4 is 34.9 Å². The maximum absolute atomic E-state index is 12.9. The summed E-state index contributed by atoms with van der Waals surface area (Å²) in [5.74, 6) is -1.27. The monoisotopic (exact) mass is 417 g/mol. The Morgan fingerprint density at radius 2 is 1.90 bits per heavy atom. The van der Waals surface area contributed by atoms with E-state index in [9.17, 15) is 22.8 Å². The number of hydrogen-bond acceptors (Lipinski definition) is 4. The van der Waals surface area contributed by atoms with Crippen LogP contribution in [-0.2, 0) is 11.0 Å². The number of carbonyl (C=O) groups excluding carboxylic acids is 2. The van der Waals surface area contributed by atoms with E-state index in [0.717, 1.165) is 12.1 Å². The molecule has 0 atom stereocenters. The number of alkyl halides is 3. The van der Waals surface area contributed by atoms with E-state index in [0.29, 0.717) is 10.4 Å². The number of thiophene rings is 1. The van der Waals surface area contributed by atoms with Crippen molar-refractivity contribution in [2.45, 2.75) is 6.18 Å². The number of rotatable bonds is 5. The summed E-state index contributed by atoms with van der Waals surface area (Å²) < 4.78 is 38.7. The Kier molecular flexibility index (Phi) is 6.08. The van der Waals surface area contributed by atoms with E-state index in [1.165, 1.54) is 35.7 Å². The van der Waals surface area contributed by atoms with Gasteiger partial charge in [0.1, 0.15) is 5.70 Å². The molecule has 5 nitrogen and oxygen atoms in total. The molecule has 0 saturated heterocycles. The van der Waals surface area contributed by atoms with E-state index < -0.39 is 23.6 Å². The van der Waals surface area contributed by atoms with Crippen LogP contribution in [0.1, 0.15) is 20.8 Å². The Labute approximate surface area is 167 Å². The molecule has 2 amide bonds. The first kappa shape index (κ1) is 20.3. The molecule has 0 spiro atoms. The summed E-state index contributed by atoms with van der Waals surface area (Å²) in [6.07, 6.45) is -0.122. The molecule has 0 unspecified atom stereocenters. The first-order chi connectivity index (χ1) is 13.8. The minimum Gasteiger partial charge on any atom is -0.321 e. The van der Waals surface area contributed by atoms with Gasteiger partial charge in [-0.3, -0.25) is 14.6 Å². The van der Waals surface area contributed by atoms with Crippen LogP contribution in [0.3, 0.4) is 0 Å². The van der Waals surface area contributed by atoms with Crippen LogP contribution in [0.15, 0.2) is 72.0 Å². The lowest BCUT2D eigenvalue weighted by Gasteiger charge is -2.12. The zero-order valence-electron chi connectivity index (χ0n) is 14.7. The Morgan fingerprint density at radius 1 is 1.07 bits per heavy atom. The summed E-state index contributed by atoms with van der Waals surface area (Å²) in [7, 11) is 0. The molecule has 9 heteroatoms. The minimum atomic E-state index is -4.54. The van der Waals surface area contributed by atoms with Gasteiger partial charge in [-0.05, 0) is 47.4 Å². The highest BCUT2D eigenvalue weighted by Crippen LogP contribution is 2.30. The van der Waals surface area contributed by atoms with E-state index in [-0.39, 0.29) is 11.4 Å². The van der Waals surface area contributed by atoms with Crippen molar-refractivity contribution in [1.82, 2.24) is 10.3 Å². The average molecular weight is 417 g/mol. The first-order valence-electron chi connectivity index (χ1n) is 8.28. The third-order valence-corrected chi connectivity index (χ3v) is 4.55. The van der Waals surface area contributed by atoms with E-state index in [1.807, 2.05) is 0 Å². The Hall–Kier alpha value is -3.46. The van der Waals surface area contributed by atoms with Gasteiger partial charge < -0.3 is 10.6 Å². The van der Waals surface area contributed by atoms with Crippen molar-refractivity contribution in [2.24, 2.45) is 0 Å². The van der Waals surface area contributed by atoms with Gasteiger partial charge in [0.15, 0.2) is 0 Å². The summed E-state index contributed by atoms with van der Waals surface area (Å²) in [6.45, 7) is 0. The fraction of sp³-hybridized carbons (Fsp3) is 0.0500. The van der Waals surface area contributed by atoms with Crippen LogP contribution in [-0.4, -0.2) is 16.8 Å². The van der Waals surface area contributed by atoms with Crippen LogP contribution in [0, 0.1) is 0 Å². The number of nitrogens with zero attached hydrogens (tertiary/aromatic N) is 1. The summed E-state index contributed by atoms with van der Waals surface area (Å²) in [5.41, 5.74) is -0.537. The molecule has 0 aliphatic carbocycles. The Balaban J connectivity index is 1.86. The number of amides is 2. The fourth-order valence-electron chi connectivity index (χ4n) is 2.35. The lowest BCUT2D eigenvalue weighted by atomic mass is 10.2. The SMILES string of the molecule is O=C(Nc1cccc(C(F)(F)F)c1)C(=Cc1cccnc1)NC(=O)c1cccs1. The van der Waals surface area contributed by atoms with Gasteiger partial charge in [-0.2, -0.15) is 13.2 Å². The molecule has 29 heavy (non-hydrogen) atoms. The molecule has 0 bridgehead atoms. The lowest BCUT2D eigenvalue weighted by molar-refractivity contribution is -0.137. The van der Waals surface area contributed by atoms with Crippen molar-refractivity contribution in [3.8, 4) is 0 Å².